The van der Waals surface area contributed by atoms with E-state index in [0.29, 0.717) is 11.7 Å². The first-order chi connectivity index (χ1) is 9.26. The van der Waals surface area contributed by atoms with Gasteiger partial charge >= 0.3 is 0 Å². The highest BCUT2D eigenvalue weighted by Gasteiger charge is 2.08. The third kappa shape index (κ3) is 2.39. The van der Waals surface area contributed by atoms with Gasteiger partial charge in [0, 0.05) is 24.4 Å². The highest BCUT2D eigenvalue weighted by atomic mass is 35.5. The van der Waals surface area contributed by atoms with Crippen LogP contribution in [0.15, 0.2) is 42.6 Å². The molecule has 0 aliphatic heterocycles. The Labute approximate surface area is 115 Å². The second-order valence-corrected chi connectivity index (χ2v) is 4.57. The standard InChI is InChI=1S/C14H12ClN3O/c15-8-12-7-13(19)17-14-16-11(9-18(12)14)6-10-4-2-1-3-5-10/h1-5,7,9H,6,8H2,(H,16,17,19). The van der Waals surface area contributed by atoms with Crippen LogP contribution < -0.4 is 0 Å². The number of aromatic hydroxyl groups is 1. The molecule has 5 heteroatoms. The minimum atomic E-state index is -0.0555. The van der Waals surface area contributed by atoms with E-state index in [0.717, 1.165) is 17.8 Å². The lowest BCUT2D eigenvalue weighted by molar-refractivity contribution is 0.452. The molecule has 0 fully saturated rings. The van der Waals surface area contributed by atoms with Crippen LogP contribution >= 0.6 is 11.6 Å². The van der Waals surface area contributed by atoms with Crippen LogP contribution in [-0.2, 0) is 12.3 Å². The minimum Gasteiger partial charge on any atom is -0.493 e. The molecule has 0 atom stereocenters. The van der Waals surface area contributed by atoms with Crippen molar-refractivity contribution in [2.45, 2.75) is 12.3 Å². The Morgan fingerprint density at radius 3 is 2.68 bits per heavy atom. The molecule has 4 nitrogen and oxygen atoms in total. The van der Waals surface area contributed by atoms with Crippen molar-refractivity contribution >= 4 is 17.4 Å². The number of rotatable bonds is 3. The number of alkyl halides is 1. The largest absolute Gasteiger partial charge is 0.493 e. The topological polar surface area (TPSA) is 50.4 Å². The van der Waals surface area contributed by atoms with E-state index >= 15 is 0 Å². The van der Waals surface area contributed by atoms with Crippen molar-refractivity contribution in [1.29, 1.82) is 0 Å². The van der Waals surface area contributed by atoms with Gasteiger partial charge in [-0.3, -0.25) is 4.40 Å². The lowest BCUT2D eigenvalue weighted by Crippen LogP contribution is -1.95. The molecular formula is C14H12ClN3O. The molecule has 0 saturated heterocycles. The summed E-state index contributed by atoms with van der Waals surface area (Å²) in [6, 6.07) is 11.6. The molecule has 0 aliphatic rings. The molecule has 0 radical (unpaired) electrons. The monoisotopic (exact) mass is 273 g/mol. The van der Waals surface area contributed by atoms with Gasteiger partial charge in [-0.1, -0.05) is 30.3 Å². The molecule has 0 unspecified atom stereocenters. The summed E-state index contributed by atoms with van der Waals surface area (Å²) in [5, 5.41) is 9.52. The van der Waals surface area contributed by atoms with Gasteiger partial charge in [0.25, 0.3) is 0 Å². The van der Waals surface area contributed by atoms with Gasteiger partial charge in [0.15, 0.2) is 0 Å². The fraction of sp³-hybridized carbons (Fsp3) is 0.143. The fourth-order valence-electron chi connectivity index (χ4n) is 2.05. The quantitative estimate of drug-likeness (QED) is 0.747. The Kier molecular flexibility index (Phi) is 3.09. The molecule has 0 aliphatic carbocycles. The molecular weight excluding hydrogens is 262 g/mol. The van der Waals surface area contributed by atoms with Gasteiger partial charge in [0.2, 0.25) is 11.7 Å². The Bertz CT molecular complexity index is 709. The molecule has 0 amide bonds. The van der Waals surface area contributed by atoms with Gasteiger partial charge in [-0.25, -0.2) is 4.98 Å². The highest BCUT2D eigenvalue weighted by Crippen LogP contribution is 2.16. The van der Waals surface area contributed by atoms with Gasteiger partial charge < -0.3 is 5.11 Å². The molecule has 0 bridgehead atoms. The van der Waals surface area contributed by atoms with Crippen LogP contribution in [-0.4, -0.2) is 19.5 Å². The maximum absolute atomic E-state index is 9.52. The second kappa shape index (κ2) is 4.90. The summed E-state index contributed by atoms with van der Waals surface area (Å²) in [6.07, 6.45) is 2.64. The van der Waals surface area contributed by atoms with E-state index in [1.807, 2.05) is 28.8 Å². The SMILES string of the molecule is Oc1cc(CCl)n2cc(Cc3ccccc3)nc2n1. The van der Waals surface area contributed by atoms with Gasteiger partial charge in [0.05, 0.1) is 11.6 Å². The third-order valence-corrected chi connectivity index (χ3v) is 3.20. The van der Waals surface area contributed by atoms with Gasteiger partial charge in [-0.15, -0.1) is 11.6 Å². The van der Waals surface area contributed by atoms with E-state index in [-0.39, 0.29) is 5.88 Å². The molecule has 19 heavy (non-hydrogen) atoms. The summed E-state index contributed by atoms with van der Waals surface area (Å²) in [5.74, 6) is 0.717. The molecule has 1 N–H and O–H groups in total. The van der Waals surface area contributed by atoms with Gasteiger partial charge in [-0.2, -0.15) is 4.98 Å². The van der Waals surface area contributed by atoms with Crippen LogP contribution in [0.4, 0.5) is 0 Å². The first-order valence-corrected chi connectivity index (χ1v) is 6.46. The maximum Gasteiger partial charge on any atom is 0.237 e. The van der Waals surface area contributed by atoms with E-state index in [4.69, 9.17) is 11.6 Å². The van der Waals surface area contributed by atoms with E-state index in [1.54, 1.807) is 6.07 Å². The summed E-state index contributed by atoms with van der Waals surface area (Å²) in [6.45, 7) is 0. The van der Waals surface area contributed by atoms with Crippen LogP contribution in [0.1, 0.15) is 17.0 Å². The number of hydrogen-bond acceptors (Lipinski definition) is 3. The van der Waals surface area contributed by atoms with Crippen molar-refractivity contribution in [1.82, 2.24) is 14.4 Å². The summed E-state index contributed by atoms with van der Waals surface area (Å²) in [5.41, 5.74) is 2.86. The molecule has 2 aromatic heterocycles. The first-order valence-electron chi connectivity index (χ1n) is 5.93. The van der Waals surface area contributed by atoms with Crippen molar-refractivity contribution in [2.24, 2.45) is 0 Å². The summed E-state index contributed by atoms with van der Waals surface area (Å²) in [4.78, 5) is 8.41. The summed E-state index contributed by atoms with van der Waals surface area (Å²) < 4.78 is 1.81. The van der Waals surface area contributed by atoms with Crippen molar-refractivity contribution in [2.75, 3.05) is 0 Å². The lowest BCUT2D eigenvalue weighted by Gasteiger charge is -2.00. The average molecular weight is 274 g/mol. The molecule has 3 rings (SSSR count). The lowest BCUT2D eigenvalue weighted by atomic mass is 10.1. The number of imidazole rings is 1. The van der Waals surface area contributed by atoms with Crippen LogP contribution in [0, 0.1) is 0 Å². The first kappa shape index (κ1) is 12.0. The van der Waals surface area contributed by atoms with E-state index in [9.17, 15) is 5.11 Å². The minimum absolute atomic E-state index is 0.0555. The number of hydrogen-bond donors (Lipinski definition) is 1. The predicted molar refractivity (Wildman–Crippen MR) is 73.5 cm³/mol. The van der Waals surface area contributed by atoms with Crippen molar-refractivity contribution in [3.05, 3.63) is 59.5 Å². The van der Waals surface area contributed by atoms with Crippen LogP contribution in [0.2, 0.25) is 0 Å². The summed E-state index contributed by atoms with van der Waals surface area (Å²) >= 11 is 5.86. The Hall–Kier alpha value is -2.07. The Morgan fingerprint density at radius 1 is 1.16 bits per heavy atom. The zero-order chi connectivity index (χ0) is 13.2. The van der Waals surface area contributed by atoms with Gasteiger partial charge in [-0.05, 0) is 5.56 Å². The third-order valence-electron chi connectivity index (χ3n) is 2.92. The zero-order valence-electron chi connectivity index (χ0n) is 10.1. The Morgan fingerprint density at radius 2 is 1.95 bits per heavy atom. The Balaban J connectivity index is 2.02. The molecule has 3 aromatic rings. The van der Waals surface area contributed by atoms with Crippen molar-refractivity contribution < 1.29 is 5.11 Å². The van der Waals surface area contributed by atoms with E-state index < -0.39 is 0 Å². The highest BCUT2D eigenvalue weighted by molar-refractivity contribution is 6.16. The van der Waals surface area contributed by atoms with E-state index in [2.05, 4.69) is 22.1 Å². The maximum atomic E-state index is 9.52. The predicted octanol–water partition coefficient (Wildman–Crippen LogP) is 2.76. The number of aromatic nitrogens is 3. The van der Waals surface area contributed by atoms with Gasteiger partial charge in [0.1, 0.15) is 0 Å². The number of nitrogens with zero attached hydrogens (tertiary/aromatic N) is 3. The van der Waals surface area contributed by atoms with Crippen LogP contribution in [0.5, 0.6) is 5.88 Å². The van der Waals surface area contributed by atoms with Crippen LogP contribution in [0.3, 0.4) is 0 Å². The smallest absolute Gasteiger partial charge is 0.237 e. The fourth-order valence-corrected chi connectivity index (χ4v) is 2.26. The van der Waals surface area contributed by atoms with E-state index in [1.165, 1.54) is 5.56 Å². The number of fused-ring (bicyclic) bond motifs is 1. The summed E-state index contributed by atoms with van der Waals surface area (Å²) in [7, 11) is 0. The van der Waals surface area contributed by atoms with Crippen LogP contribution in [0.25, 0.3) is 5.78 Å². The normalized spacial score (nSPS) is 11.0. The second-order valence-electron chi connectivity index (χ2n) is 4.30. The van der Waals surface area contributed by atoms with Crippen molar-refractivity contribution in [3.63, 3.8) is 0 Å². The van der Waals surface area contributed by atoms with Crippen molar-refractivity contribution in [3.8, 4) is 5.88 Å². The molecule has 2 heterocycles. The average Bonchev–Trinajstić information content (AvgIpc) is 2.81. The molecule has 96 valence electrons. The zero-order valence-corrected chi connectivity index (χ0v) is 10.9. The number of benzene rings is 1. The molecule has 1 aromatic carbocycles. The molecule has 0 spiro atoms. The number of halogens is 1. The molecule has 0 saturated carbocycles.